The van der Waals surface area contributed by atoms with Crippen LogP contribution in [0, 0.1) is 17.8 Å². The summed E-state index contributed by atoms with van der Waals surface area (Å²) in [4.78, 5) is 18.0. The van der Waals surface area contributed by atoms with Gasteiger partial charge < -0.3 is 19.6 Å². The van der Waals surface area contributed by atoms with Crippen molar-refractivity contribution in [2.75, 3.05) is 38.7 Å². The molecule has 0 radical (unpaired) electrons. The highest BCUT2D eigenvalue weighted by Crippen LogP contribution is 2.49. The average Bonchev–Trinajstić information content (AvgIpc) is 3.10. The lowest BCUT2D eigenvalue weighted by molar-refractivity contribution is -0.0857. The molecule has 0 saturated heterocycles. The maximum Gasteiger partial charge on any atom is 0.264 e. The molecule has 1 unspecified atom stereocenters. The van der Waals surface area contributed by atoms with Gasteiger partial charge in [-0.3, -0.25) is 4.79 Å². The van der Waals surface area contributed by atoms with Crippen LogP contribution in [0.3, 0.4) is 0 Å². The first-order valence-corrected chi connectivity index (χ1v) is 18.4. The van der Waals surface area contributed by atoms with Crippen LogP contribution in [0.2, 0.25) is 5.02 Å². The molecule has 2 aromatic carbocycles. The normalized spacial score (nSPS) is 35.0. The number of nitrogens with zero attached hydrogens (tertiary/aromatic N) is 2. The van der Waals surface area contributed by atoms with Crippen molar-refractivity contribution in [2.24, 2.45) is 17.8 Å². The largest absolute Gasteiger partial charge is 0.490 e. The van der Waals surface area contributed by atoms with E-state index in [9.17, 15) is 18.3 Å². The fourth-order valence-corrected chi connectivity index (χ4v) is 9.94. The smallest absolute Gasteiger partial charge is 0.264 e. The number of hydrogen-bond donors (Lipinski definition) is 2. The van der Waals surface area contributed by atoms with E-state index >= 15 is 0 Å². The van der Waals surface area contributed by atoms with Gasteiger partial charge in [0.15, 0.2) is 0 Å². The summed E-state index contributed by atoms with van der Waals surface area (Å²) in [5, 5.41) is 12.0. The van der Waals surface area contributed by atoms with Crippen LogP contribution in [-0.4, -0.2) is 75.0 Å². The molecule has 2 aliphatic heterocycles. The Morgan fingerprint density at radius 1 is 1.13 bits per heavy atom. The van der Waals surface area contributed by atoms with E-state index < -0.39 is 26.8 Å². The molecule has 1 saturated carbocycles. The van der Waals surface area contributed by atoms with E-state index in [0.717, 1.165) is 42.8 Å². The number of carbonyl (C=O) groups excluding carboxylic acids is 1. The van der Waals surface area contributed by atoms with Gasteiger partial charge in [0.05, 0.1) is 23.1 Å². The van der Waals surface area contributed by atoms with Crippen molar-refractivity contribution < 1.29 is 23.1 Å². The van der Waals surface area contributed by atoms with Crippen molar-refractivity contribution in [3.63, 3.8) is 0 Å². The second kappa shape index (κ2) is 12.0. The Balaban J connectivity index is 1.44. The third-order valence-electron chi connectivity index (χ3n) is 11.5. The number of aliphatic hydroxyl groups is 1. The molecule has 1 fully saturated rings. The molecule has 1 amide bonds. The van der Waals surface area contributed by atoms with Crippen LogP contribution >= 0.6 is 11.6 Å². The molecule has 1 spiro atoms. The van der Waals surface area contributed by atoms with E-state index in [1.54, 1.807) is 25.1 Å². The number of halogens is 1. The number of ether oxygens (including phenoxy) is 1. The lowest BCUT2D eigenvalue weighted by Gasteiger charge is -2.50. The van der Waals surface area contributed by atoms with Crippen LogP contribution in [0.4, 0.5) is 5.69 Å². The highest BCUT2D eigenvalue weighted by atomic mass is 35.5. The Kier molecular flexibility index (Phi) is 8.72. The van der Waals surface area contributed by atoms with Gasteiger partial charge in [-0.1, -0.05) is 24.6 Å². The number of aryl methyl sites for hydroxylation is 1. The van der Waals surface area contributed by atoms with E-state index in [-0.39, 0.29) is 34.8 Å². The van der Waals surface area contributed by atoms with Crippen molar-refractivity contribution in [3.8, 4) is 5.75 Å². The standard InChI is InChI=1S/C35H48ClN3O5S/c1-22-15-28(38(4)5)18-34(3,41)29-11-8-26(29)19-39-20-35(14-6-7-24-16-27(36)10-12-30(24)35)21-44-32-13-9-25(17-31(32)39)33(40)37-45(42,43)23(22)2/h9-10,12-13,16-17,22-23,26,28-29,41H,6-8,11,14-15,18-21H2,1-5H3,(H,37,40)/t22-,23+,26-,28?,29+,34-,35-/m0/s1. The van der Waals surface area contributed by atoms with E-state index in [4.69, 9.17) is 16.3 Å². The third kappa shape index (κ3) is 6.22. The van der Waals surface area contributed by atoms with Crippen LogP contribution in [0.15, 0.2) is 36.4 Å². The summed E-state index contributed by atoms with van der Waals surface area (Å²) in [6.45, 7) is 7.45. The zero-order valence-electron chi connectivity index (χ0n) is 27.2. The Bertz CT molecular complexity index is 1560. The molecule has 0 aromatic heterocycles. The summed E-state index contributed by atoms with van der Waals surface area (Å²) in [7, 11) is 0.0226. The maximum absolute atomic E-state index is 13.5. The Morgan fingerprint density at radius 3 is 2.62 bits per heavy atom. The van der Waals surface area contributed by atoms with E-state index in [2.05, 4.69) is 26.7 Å². The molecule has 2 bridgehead atoms. The molecule has 10 heteroatoms. The summed E-state index contributed by atoms with van der Waals surface area (Å²) in [5.41, 5.74) is 2.41. The minimum Gasteiger partial charge on any atom is -0.490 e. The number of amides is 1. The summed E-state index contributed by atoms with van der Waals surface area (Å²) < 4.78 is 35.9. The topological polar surface area (TPSA) is 99.2 Å². The monoisotopic (exact) mass is 657 g/mol. The minimum atomic E-state index is -3.96. The Morgan fingerprint density at radius 2 is 1.91 bits per heavy atom. The molecule has 45 heavy (non-hydrogen) atoms. The quantitative estimate of drug-likeness (QED) is 0.424. The summed E-state index contributed by atoms with van der Waals surface area (Å²) in [6.07, 6.45) is 6.06. The summed E-state index contributed by atoms with van der Waals surface area (Å²) in [6, 6.07) is 11.4. The molecule has 2 aliphatic carbocycles. The van der Waals surface area contributed by atoms with Crippen molar-refractivity contribution in [3.05, 3.63) is 58.1 Å². The zero-order chi connectivity index (χ0) is 32.3. The predicted molar refractivity (Wildman–Crippen MR) is 179 cm³/mol. The van der Waals surface area contributed by atoms with Gasteiger partial charge in [-0.15, -0.1) is 0 Å². The molecular formula is C35H48ClN3O5S. The van der Waals surface area contributed by atoms with Gasteiger partial charge in [0, 0.05) is 35.1 Å². The SMILES string of the molecule is C[C@@H]1[C@@H](C)CC(N(C)C)C[C@](C)(O)[C@@H]2CC[C@H]2CN2C[C@@]3(CCCc4cc(Cl)ccc43)COc3ccc(cc32)C(=O)NS1(=O)=O. The number of hydrogen-bond acceptors (Lipinski definition) is 7. The fraction of sp³-hybridized carbons (Fsp3) is 0.629. The molecule has 7 atom stereocenters. The maximum atomic E-state index is 13.5. The van der Waals surface area contributed by atoms with Gasteiger partial charge in [-0.2, -0.15) is 0 Å². The van der Waals surface area contributed by atoms with Gasteiger partial charge in [0.25, 0.3) is 5.91 Å². The highest BCUT2D eigenvalue weighted by Gasteiger charge is 2.48. The number of benzene rings is 2. The second-order valence-electron chi connectivity index (χ2n) is 14.8. The fourth-order valence-electron chi connectivity index (χ4n) is 8.46. The van der Waals surface area contributed by atoms with Crippen molar-refractivity contribution in [1.29, 1.82) is 0 Å². The lowest BCUT2D eigenvalue weighted by atomic mass is 9.63. The van der Waals surface area contributed by atoms with Crippen molar-refractivity contribution in [2.45, 2.75) is 88.0 Å². The van der Waals surface area contributed by atoms with E-state index in [1.165, 1.54) is 11.1 Å². The van der Waals surface area contributed by atoms with Crippen LogP contribution in [0.25, 0.3) is 0 Å². The number of sulfonamides is 1. The third-order valence-corrected chi connectivity index (χ3v) is 13.7. The molecular weight excluding hydrogens is 610 g/mol. The van der Waals surface area contributed by atoms with Crippen LogP contribution in [-0.2, 0) is 21.9 Å². The number of fused-ring (bicyclic) bond motifs is 4. The molecule has 2 N–H and O–H groups in total. The Labute approximate surface area is 273 Å². The molecule has 2 aromatic rings. The number of nitrogens with one attached hydrogen (secondary N) is 1. The summed E-state index contributed by atoms with van der Waals surface area (Å²) >= 11 is 6.42. The minimum absolute atomic E-state index is 0.0164. The number of carbonyl (C=O) groups is 1. The first-order valence-electron chi connectivity index (χ1n) is 16.4. The highest BCUT2D eigenvalue weighted by molar-refractivity contribution is 7.90. The summed E-state index contributed by atoms with van der Waals surface area (Å²) in [5.74, 6) is 0.196. The predicted octanol–water partition coefficient (Wildman–Crippen LogP) is 5.40. The molecule has 8 nitrogen and oxygen atoms in total. The molecule has 4 aliphatic rings. The van der Waals surface area contributed by atoms with E-state index in [0.29, 0.717) is 38.3 Å². The van der Waals surface area contributed by atoms with Gasteiger partial charge in [-0.05, 0) is 132 Å². The van der Waals surface area contributed by atoms with Crippen molar-refractivity contribution in [1.82, 2.24) is 9.62 Å². The van der Waals surface area contributed by atoms with Crippen LogP contribution in [0.1, 0.15) is 80.8 Å². The lowest BCUT2D eigenvalue weighted by Crippen LogP contribution is -2.54. The van der Waals surface area contributed by atoms with Crippen LogP contribution in [0.5, 0.6) is 5.75 Å². The first kappa shape index (κ1) is 32.6. The molecule has 246 valence electrons. The van der Waals surface area contributed by atoms with Gasteiger partial charge in [0.1, 0.15) is 5.75 Å². The van der Waals surface area contributed by atoms with Gasteiger partial charge in [-0.25, -0.2) is 13.1 Å². The molecule has 6 rings (SSSR count). The molecule has 2 heterocycles. The van der Waals surface area contributed by atoms with E-state index in [1.807, 2.05) is 34.0 Å². The Hall–Kier alpha value is -2.33. The first-order chi connectivity index (χ1) is 21.2. The zero-order valence-corrected chi connectivity index (χ0v) is 28.8. The van der Waals surface area contributed by atoms with Gasteiger partial charge >= 0.3 is 0 Å². The van der Waals surface area contributed by atoms with Gasteiger partial charge in [0.2, 0.25) is 10.0 Å². The number of rotatable bonds is 1. The average molecular weight is 658 g/mol. The van der Waals surface area contributed by atoms with Crippen LogP contribution < -0.4 is 14.4 Å². The van der Waals surface area contributed by atoms with Crippen molar-refractivity contribution >= 4 is 33.2 Å². The number of anilines is 1. The second-order valence-corrected chi connectivity index (χ2v) is 17.3.